The summed E-state index contributed by atoms with van der Waals surface area (Å²) in [5.74, 6) is 0.672. The Kier molecular flexibility index (Phi) is 5.38. The summed E-state index contributed by atoms with van der Waals surface area (Å²) in [5.41, 5.74) is 1.50. The molecule has 2 aliphatic rings. The molecule has 1 aromatic rings. The van der Waals surface area contributed by atoms with Gasteiger partial charge in [0.2, 0.25) is 10.0 Å². The second kappa shape index (κ2) is 7.13. The number of sulfonamides is 1. The molecule has 0 atom stereocenters. The Hall–Kier alpha value is -1.12. The molecule has 146 valence electrons. The average molecular weight is 402 g/mol. The summed E-state index contributed by atoms with van der Waals surface area (Å²) < 4.78 is 57.7. The number of benzene rings is 1. The molecular formula is C18H27NO5S2. The minimum Gasteiger partial charge on any atom is -0.496 e. The fourth-order valence-corrected chi connectivity index (χ4v) is 8.20. The van der Waals surface area contributed by atoms with Crippen LogP contribution < -0.4 is 4.74 Å². The van der Waals surface area contributed by atoms with E-state index >= 15 is 0 Å². The van der Waals surface area contributed by atoms with Crippen LogP contribution in [0.3, 0.4) is 0 Å². The van der Waals surface area contributed by atoms with E-state index in [0.717, 1.165) is 30.4 Å². The lowest BCUT2D eigenvalue weighted by Gasteiger charge is -2.39. The Balaban J connectivity index is 1.75. The molecule has 0 radical (unpaired) electrons. The molecule has 1 saturated heterocycles. The van der Waals surface area contributed by atoms with Gasteiger partial charge in [-0.2, -0.15) is 4.31 Å². The van der Waals surface area contributed by atoms with Crippen LogP contribution in [0.25, 0.3) is 0 Å². The fourth-order valence-electron chi connectivity index (χ4n) is 4.00. The zero-order valence-corrected chi connectivity index (χ0v) is 17.2. The summed E-state index contributed by atoms with van der Waals surface area (Å²) in [4.78, 5) is 0.196. The highest BCUT2D eigenvalue weighted by molar-refractivity contribution is 7.93. The van der Waals surface area contributed by atoms with Gasteiger partial charge >= 0.3 is 0 Å². The van der Waals surface area contributed by atoms with Gasteiger partial charge in [0.25, 0.3) is 0 Å². The van der Waals surface area contributed by atoms with Crippen LogP contribution in [0.15, 0.2) is 17.0 Å². The van der Waals surface area contributed by atoms with E-state index in [1.165, 1.54) is 4.31 Å². The van der Waals surface area contributed by atoms with E-state index in [1.54, 1.807) is 33.1 Å². The molecule has 0 amide bonds. The van der Waals surface area contributed by atoms with Crippen molar-refractivity contribution in [2.24, 2.45) is 0 Å². The Morgan fingerprint density at radius 2 is 1.46 bits per heavy atom. The van der Waals surface area contributed by atoms with Crippen LogP contribution in [0.5, 0.6) is 5.75 Å². The first kappa shape index (κ1) is 19.6. The van der Waals surface area contributed by atoms with Gasteiger partial charge in [-0.1, -0.05) is 19.3 Å². The van der Waals surface area contributed by atoms with Crippen molar-refractivity contribution in [3.8, 4) is 5.75 Å². The van der Waals surface area contributed by atoms with E-state index in [4.69, 9.17) is 4.74 Å². The van der Waals surface area contributed by atoms with Crippen molar-refractivity contribution in [2.45, 2.75) is 61.3 Å². The van der Waals surface area contributed by atoms with Crippen molar-refractivity contribution in [2.75, 3.05) is 20.2 Å². The summed E-state index contributed by atoms with van der Waals surface area (Å²) in [7, 11) is -5.38. The summed E-state index contributed by atoms with van der Waals surface area (Å²) in [6.07, 6.45) is 4.41. The van der Waals surface area contributed by atoms with Gasteiger partial charge in [-0.15, -0.1) is 0 Å². The molecule has 0 bridgehead atoms. The van der Waals surface area contributed by atoms with Gasteiger partial charge in [-0.05, 0) is 49.9 Å². The highest BCUT2D eigenvalue weighted by Gasteiger charge is 2.46. The third-order valence-electron chi connectivity index (χ3n) is 5.57. The maximum atomic E-state index is 12.9. The first-order valence-electron chi connectivity index (χ1n) is 9.06. The highest BCUT2D eigenvalue weighted by atomic mass is 32.2. The van der Waals surface area contributed by atoms with Crippen LogP contribution in [0.1, 0.15) is 43.2 Å². The lowest BCUT2D eigenvalue weighted by molar-refractivity contribution is 0.306. The maximum Gasteiger partial charge on any atom is 0.243 e. The number of hydrogen-bond acceptors (Lipinski definition) is 5. The predicted molar refractivity (Wildman–Crippen MR) is 101 cm³/mol. The molecule has 1 aromatic carbocycles. The number of hydrogen-bond donors (Lipinski definition) is 0. The van der Waals surface area contributed by atoms with Crippen LogP contribution in [0.2, 0.25) is 0 Å². The van der Waals surface area contributed by atoms with Crippen molar-refractivity contribution < 1.29 is 21.6 Å². The number of nitrogens with zero attached hydrogens (tertiary/aromatic N) is 1. The molecule has 1 aliphatic carbocycles. The third-order valence-corrected chi connectivity index (χ3v) is 10.0. The summed E-state index contributed by atoms with van der Waals surface area (Å²) in [5, 5.41) is -0.864. The van der Waals surface area contributed by atoms with E-state index in [-0.39, 0.29) is 23.2 Å². The third kappa shape index (κ3) is 3.39. The van der Waals surface area contributed by atoms with E-state index in [9.17, 15) is 16.8 Å². The second-order valence-electron chi connectivity index (χ2n) is 7.38. The maximum absolute atomic E-state index is 12.9. The molecular weight excluding hydrogens is 374 g/mol. The molecule has 3 rings (SSSR count). The van der Waals surface area contributed by atoms with Crippen molar-refractivity contribution >= 4 is 19.9 Å². The van der Waals surface area contributed by atoms with E-state index in [1.807, 2.05) is 0 Å². The topological polar surface area (TPSA) is 80.8 Å². The Bertz CT molecular complexity index is 857. The quantitative estimate of drug-likeness (QED) is 0.757. The molecule has 0 N–H and O–H groups in total. The van der Waals surface area contributed by atoms with E-state index in [2.05, 4.69) is 0 Å². The Morgan fingerprint density at radius 1 is 0.923 bits per heavy atom. The lowest BCUT2D eigenvalue weighted by atomic mass is 10.0. The molecule has 26 heavy (non-hydrogen) atoms. The monoisotopic (exact) mass is 401 g/mol. The molecule has 2 fully saturated rings. The SMILES string of the molecule is COc1c(C)cc(S(=O)(=O)N2CC(S(=O)(=O)C3CCCCC3)C2)cc1C. The summed E-state index contributed by atoms with van der Waals surface area (Å²) in [6, 6.07) is 3.17. The van der Waals surface area contributed by atoms with Crippen LogP contribution in [-0.2, 0) is 19.9 Å². The first-order chi connectivity index (χ1) is 12.2. The zero-order valence-electron chi connectivity index (χ0n) is 15.6. The lowest BCUT2D eigenvalue weighted by Crippen LogP contribution is -2.58. The molecule has 1 aliphatic heterocycles. The zero-order chi connectivity index (χ0) is 19.1. The van der Waals surface area contributed by atoms with Crippen LogP contribution >= 0.6 is 0 Å². The summed E-state index contributed by atoms with van der Waals surface area (Å²) >= 11 is 0. The van der Waals surface area contributed by atoms with Gasteiger partial charge in [0, 0.05) is 13.1 Å². The molecule has 6 nitrogen and oxygen atoms in total. The van der Waals surface area contributed by atoms with Crippen molar-refractivity contribution in [3.63, 3.8) is 0 Å². The Morgan fingerprint density at radius 3 is 1.96 bits per heavy atom. The predicted octanol–water partition coefficient (Wildman–Crippen LogP) is 2.43. The normalized spacial score (nSPS) is 20.7. The fraction of sp³-hybridized carbons (Fsp3) is 0.667. The van der Waals surface area contributed by atoms with Crippen LogP contribution in [0.4, 0.5) is 0 Å². The summed E-state index contributed by atoms with van der Waals surface area (Å²) in [6.45, 7) is 3.73. The minimum atomic E-state index is -3.68. The van der Waals surface area contributed by atoms with Gasteiger partial charge in [0.05, 0.1) is 22.5 Å². The van der Waals surface area contributed by atoms with E-state index in [0.29, 0.717) is 18.6 Å². The van der Waals surface area contributed by atoms with Crippen molar-refractivity contribution in [1.29, 1.82) is 0 Å². The molecule has 1 saturated carbocycles. The number of sulfone groups is 1. The van der Waals surface area contributed by atoms with Gasteiger partial charge in [0.15, 0.2) is 9.84 Å². The van der Waals surface area contributed by atoms with E-state index < -0.39 is 25.1 Å². The van der Waals surface area contributed by atoms with Gasteiger partial charge in [0.1, 0.15) is 5.75 Å². The Labute approximate surface area is 156 Å². The van der Waals surface area contributed by atoms with Gasteiger partial charge in [-0.3, -0.25) is 0 Å². The first-order valence-corrected chi connectivity index (χ1v) is 12.1. The average Bonchev–Trinajstić information content (AvgIpc) is 2.53. The molecule has 0 aromatic heterocycles. The van der Waals surface area contributed by atoms with Crippen molar-refractivity contribution in [1.82, 2.24) is 4.31 Å². The van der Waals surface area contributed by atoms with Crippen molar-refractivity contribution in [3.05, 3.63) is 23.3 Å². The second-order valence-corrected chi connectivity index (χ2v) is 11.8. The standard InChI is InChI=1S/C18H27NO5S2/c1-13-9-16(10-14(2)18(13)24-3)26(22,23)19-11-17(12-19)25(20,21)15-7-5-4-6-8-15/h9-10,15,17H,4-8,11-12H2,1-3H3. The number of rotatable bonds is 5. The largest absolute Gasteiger partial charge is 0.496 e. The highest BCUT2D eigenvalue weighted by Crippen LogP contribution is 2.34. The number of methoxy groups -OCH3 is 1. The minimum absolute atomic E-state index is 0.0608. The number of ether oxygens (including phenoxy) is 1. The molecule has 0 spiro atoms. The van der Waals surface area contributed by atoms with Gasteiger partial charge in [-0.25, -0.2) is 16.8 Å². The molecule has 8 heteroatoms. The molecule has 0 unspecified atom stereocenters. The van der Waals surface area contributed by atoms with Gasteiger partial charge < -0.3 is 4.74 Å². The molecule has 1 heterocycles. The smallest absolute Gasteiger partial charge is 0.243 e. The van der Waals surface area contributed by atoms with Crippen LogP contribution in [0, 0.1) is 13.8 Å². The number of aryl methyl sites for hydroxylation is 2. The van der Waals surface area contributed by atoms with Crippen LogP contribution in [-0.4, -0.2) is 51.8 Å².